The van der Waals surface area contributed by atoms with Gasteiger partial charge in [0.15, 0.2) is 0 Å². The Bertz CT molecular complexity index is 290. The van der Waals surface area contributed by atoms with E-state index in [4.69, 9.17) is 9.15 Å². The molecule has 0 radical (unpaired) electrons. The second-order valence-electron chi connectivity index (χ2n) is 4.07. The van der Waals surface area contributed by atoms with Gasteiger partial charge in [-0.05, 0) is 32.0 Å². The topological polar surface area (TPSA) is 25.6 Å². The monoisotopic (exact) mass is 209 g/mol. The summed E-state index contributed by atoms with van der Waals surface area (Å²) in [6.07, 6.45) is 2.22. The highest BCUT2D eigenvalue weighted by Crippen LogP contribution is 2.09. The minimum atomic E-state index is 0.889. The van der Waals surface area contributed by atoms with Crippen molar-refractivity contribution >= 4 is 0 Å². The van der Waals surface area contributed by atoms with E-state index in [-0.39, 0.29) is 0 Å². The van der Waals surface area contributed by atoms with E-state index >= 15 is 0 Å². The summed E-state index contributed by atoms with van der Waals surface area (Å²) in [5.74, 6) is 2.12. The fraction of sp³-hybridized carbons (Fsp3) is 0.667. The van der Waals surface area contributed by atoms with Crippen LogP contribution in [0.3, 0.4) is 0 Å². The van der Waals surface area contributed by atoms with E-state index in [0.717, 1.165) is 50.8 Å². The summed E-state index contributed by atoms with van der Waals surface area (Å²) >= 11 is 0. The first-order chi connectivity index (χ1) is 7.34. The third-order valence-corrected chi connectivity index (χ3v) is 2.80. The number of ether oxygens (including phenoxy) is 1. The molecule has 1 aliphatic heterocycles. The molecule has 0 N–H and O–H groups in total. The molecule has 1 aliphatic rings. The van der Waals surface area contributed by atoms with Crippen molar-refractivity contribution in [2.75, 3.05) is 32.8 Å². The van der Waals surface area contributed by atoms with Crippen LogP contribution in [0.2, 0.25) is 0 Å². The SMILES string of the molecule is Cc1ccc(CCCN2CCOCC2)o1. The van der Waals surface area contributed by atoms with Crippen LogP contribution in [0.5, 0.6) is 0 Å². The van der Waals surface area contributed by atoms with Crippen LogP contribution in [0.15, 0.2) is 16.5 Å². The normalized spacial score (nSPS) is 18.2. The zero-order chi connectivity index (χ0) is 10.5. The fourth-order valence-corrected chi connectivity index (χ4v) is 1.92. The van der Waals surface area contributed by atoms with Gasteiger partial charge in [0.25, 0.3) is 0 Å². The van der Waals surface area contributed by atoms with E-state index in [2.05, 4.69) is 11.0 Å². The van der Waals surface area contributed by atoms with Crippen LogP contribution in [0.25, 0.3) is 0 Å². The van der Waals surface area contributed by atoms with Crippen molar-refractivity contribution in [3.8, 4) is 0 Å². The van der Waals surface area contributed by atoms with Crippen molar-refractivity contribution in [3.63, 3.8) is 0 Å². The van der Waals surface area contributed by atoms with Gasteiger partial charge in [-0.25, -0.2) is 0 Å². The quantitative estimate of drug-likeness (QED) is 0.757. The molecule has 0 bridgehead atoms. The average molecular weight is 209 g/mol. The summed E-state index contributed by atoms with van der Waals surface area (Å²) < 4.78 is 10.8. The van der Waals surface area contributed by atoms with Gasteiger partial charge in [0, 0.05) is 19.5 Å². The van der Waals surface area contributed by atoms with Gasteiger partial charge in [0.05, 0.1) is 13.2 Å². The lowest BCUT2D eigenvalue weighted by Crippen LogP contribution is -2.36. The van der Waals surface area contributed by atoms with Gasteiger partial charge in [-0.2, -0.15) is 0 Å². The predicted octanol–water partition coefficient (Wildman–Crippen LogP) is 1.85. The van der Waals surface area contributed by atoms with Gasteiger partial charge < -0.3 is 9.15 Å². The molecule has 0 saturated carbocycles. The number of rotatable bonds is 4. The van der Waals surface area contributed by atoms with E-state index in [1.54, 1.807) is 0 Å². The molecule has 84 valence electrons. The molecule has 3 heteroatoms. The van der Waals surface area contributed by atoms with E-state index in [9.17, 15) is 0 Å². The Labute approximate surface area is 91.0 Å². The van der Waals surface area contributed by atoms with E-state index in [1.165, 1.54) is 6.42 Å². The predicted molar refractivity (Wildman–Crippen MR) is 59.0 cm³/mol. The van der Waals surface area contributed by atoms with E-state index in [0.29, 0.717) is 0 Å². The minimum absolute atomic E-state index is 0.889. The molecule has 1 aromatic heterocycles. The van der Waals surface area contributed by atoms with Crippen LogP contribution in [-0.2, 0) is 11.2 Å². The molecule has 1 fully saturated rings. The molecular weight excluding hydrogens is 190 g/mol. The molecule has 0 amide bonds. The summed E-state index contributed by atoms with van der Waals surface area (Å²) in [6, 6.07) is 4.11. The lowest BCUT2D eigenvalue weighted by Gasteiger charge is -2.26. The third kappa shape index (κ3) is 3.36. The van der Waals surface area contributed by atoms with Gasteiger partial charge in [-0.1, -0.05) is 0 Å². The van der Waals surface area contributed by atoms with Gasteiger partial charge in [0.1, 0.15) is 11.5 Å². The van der Waals surface area contributed by atoms with Gasteiger partial charge in [-0.3, -0.25) is 4.90 Å². The van der Waals surface area contributed by atoms with Crippen LogP contribution in [0.1, 0.15) is 17.9 Å². The number of furan rings is 1. The maximum atomic E-state index is 5.53. The van der Waals surface area contributed by atoms with Crippen molar-refractivity contribution in [2.24, 2.45) is 0 Å². The van der Waals surface area contributed by atoms with Crippen molar-refractivity contribution in [2.45, 2.75) is 19.8 Å². The highest BCUT2D eigenvalue weighted by molar-refractivity contribution is 5.05. The Morgan fingerprint density at radius 2 is 2.07 bits per heavy atom. The number of hydrogen-bond acceptors (Lipinski definition) is 3. The summed E-state index contributed by atoms with van der Waals surface area (Å²) in [6.45, 7) is 7.09. The zero-order valence-electron chi connectivity index (χ0n) is 9.37. The first-order valence-corrected chi connectivity index (χ1v) is 5.70. The highest BCUT2D eigenvalue weighted by Gasteiger charge is 2.09. The fourth-order valence-electron chi connectivity index (χ4n) is 1.92. The lowest BCUT2D eigenvalue weighted by molar-refractivity contribution is 0.0373. The van der Waals surface area contributed by atoms with Crippen LogP contribution in [0.4, 0.5) is 0 Å². The molecule has 1 aromatic rings. The Morgan fingerprint density at radius 3 is 2.73 bits per heavy atom. The van der Waals surface area contributed by atoms with Crippen molar-refractivity contribution in [3.05, 3.63) is 23.7 Å². The number of nitrogens with zero attached hydrogens (tertiary/aromatic N) is 1. The zero-order valence-corrected chi connectivity index (χ0v) is 9.37. The van der Waals surface area contributed by atoms with Gasteiger partial charge in [0.2, 0.25) is 0 Å². The molecule has 1 saturated heterocycles. The standard InChI is InChI=1S/C12H19NO2/c1-11-4-5-12(15-11)3-2-6-13-7-9-14-10-8-13/h4-5H,2-3,6-10H2,1H3. The average Bonchev–Trinajstić information content (AvgIpc) is 2.66. The molecule has 0 unspecified atom stereocenters. The minimum Gasteiger partial charge on any atom is -0.466 e. The summed E-state index contributed by atoms with van der Waals surface area (Å²) in [7, 11) is 0. The summed E-state index contributed by atoms with van der Waals surface area (Å²) in [5.41, 5.74) is 0. The Kier molecular flexibility index (Phi) is 3.80. The first kappa shape index (κ1) is 10.7. The van der Waals surface area contributed by atoms with Gasteiger partial charge >= 0.3 is 0 Å². The largest absolute Gasteiger partial charge is 0.466 e. The number of aryl methyl sites for hydroxylation is 2. The van der Waals surface area contributed by atoms with Gasteiger partial charge in [-0.15, -0.1) is 0 Å². The molecule has 15 heavy (non-hydrogen) atoms. The van der Waals surface area contributed by atoms with Crippen LogP contribution in [-0.4, -0.2) is 37.7 Å². The second kappa shape index (κ2) is 5.33. The maximum absolute atomic E-state index is 5.53. The highest BCUT2D eigenvalue weighted by atomic mass is 16.5. The van der Waals surface area contributed by atoms with Crippen LogP contribution >= 0.6 is 0 Å². The summed E-state index contributed by atoms with van der Waals surface area (Å²) in [4.78, 5) is 2.46. The molecule has 2 heterocycles. The van der Waals surface area contributed by atoms with Crippen molar-refractivity contribution in [1.82, 2.24) is 4.90 Å². The molecule has 0 spiro atoms. The van der Waals surface area contributed by atoms with E-state index in [1.807, 2.05) is 13.0 Å². The molecule has 0 atom stereocenters. The van der Waals surface area contributed by atoms with Crippen molar-refractivity contribution in [1.29, 1.82) is 0 Å². The second-order valence-corrected chi connectivity index (χ2v) is 4.07. The number of hydrogen-bond donors (Lipinski definition) is 0. The Morgan fingerprint density at radius 1 is 1.27 bits per heavy atom. The Balaban J connectivity index is 1.65. The summed E-state index contributed by atoms with van der Waals surface area (Å²) in [5, 5.41) is 0. The molecule has 0 aromatic carbocycles. The lowest BCUT2D eigenvalue weighted by atomic mass is 10.2. The maximum Gasteiger partial charge on any atom is 0.104 e. The molecule has 0 aliphatic carbocycles. The molecule has 2 rings (SSSR count). The first-order valence-electron chi connectivity index (χ1n) is 5.70. The van der Waals surface area contributed by atoms with Crippen LogP contribution < -0.4 is 0 Å². The smallest absolute Gasteiger partial charge is 0.104 e. The molecular formula is C12H19NO2. The van der Waals surface area contributed by atoms with Crippen LogP contribution in [0, 0.1) is 6.92 Å². The number of morpholine rings is 1. The van der Waals surface area contributed by atoms with Crippen molar-refractivity contribution < 1.29 is 9.15 Å². The van der Waals surface area contributed by atoms with E-state index < -0.39 is 0 Å². The third-order valence-electron chi connectivity index (χ3n) is 2.80. The molecule has 3 nitrogen and oxygen atoms in total. The Hall–Kier alpha value is -0.800.